The average molecular weight is 649 g/mol. The van der Waals surface area contributed by atoms with Gasteiger partial charge in [-0.1, -0.05) is 23.3 Å². The summed E-state index contributed by atoms with van der Waals surface area (Å²) in [6.45, 7) is 5.77. The van der Waals surface area contributed by atoms with E-state index in [4.69, 9.17) is 4.42 Å². The zero-order valence-electron chi connectivity index (χ0n) is 26.6. The standard InChI is InChI=1S/C39H36O9/c1-19(2)4-7-28-31(43)9-5-21-16-35(48-39(21)28)23-14-33(45)37(34(46)15-23)30-11-20(3)10-29(22-12-25(41)17-26(42)13-22)36(30)38(47)27-8-6-24(40)18-32(27)44/h4-6,8-9,11-18,29-30,36,40-46H,7,10H2,1-3H3. The number of carbonyl (C=O) groups excluding carboxylic acids is 1. The number of carbonyl (C=O) groups is 1. The third kappa shape index (κ3) is 6.02. The number of phenolic OH excluding ortho intramolecular Hbond substituents is 7. The molecule has 9 nitrogen and oxygen atoms in total. The summed E-state index contributed by atoms with van der Waals surface area (Å²) in [6.07, 6.45) is 4.55. The van der Waals surface area contributed by atoms with E-state index in [1.54, 1.807) is 24.3 Å². The van der Waals surface area contributed by atoms with Crippen molar-refractivity contribution in [2.45, 2.75) is 45.4 Å². The number of phenols is 7. The maximum Gasteiger partial charge on any atom is 0.171 e. The quantitative estimate of drug-likeness (QED) is 0.0677. The predicted molar refractivity (Wildman–Crippen MR) is 181 cm³/mol. The van der Waals surface area contributed by atoms with Crippen molar-refractivity contribution in [3.8, 4) is 51.6 Å². The molecule has 0 saturated heterocycles. The SMILES string of the molecule is CC(C)=CCc1c(O)ccc2cc(-c3cc(O)c(C4C=C(C)CC(c5cc(O)cc(O)c5)C4C(=O)c4ccc(O)cc4O)c(O)c3)oc12. The summed E-state index contributed by atoms with van der Waals surface area (Å²) in [5.74, 6) is -4.38. The van der Waals surface area contributed by atoms with Crippen molar-refractivity contribution in [1.29, 1.82) is 0 Å². The third-order valence-corrected chi connectivity index (χ3v) is 8.96. The van der Waals surface area contributed by atoms with Crippen molar-refractivity contribution in [3.05, 3.63) is 112 Å². The molecule has 0 spiro atoms. The number of allylic oxidation sites excluding steroid dienone is 4. The first-order valence-electron chi connectivity index (χ1n) is 15.5. The molecule has 1 aromatic heterocycles. The lowest BCUT2D eigenvalue weighted by Gasteiger charge is -2.37. The van der Waals surface area contributed by atoms with Gasteiger partial charge in [0.1, 0.15) is 51.6 Å². The fourth-order valence-electron chi connectivity index (χ4n) is 6.78. The molecular formula is C39H36O9. The van der Waals surface area contributed by atoms with Gasteiger partial charge < -0.3 is 40.2 Å². The van der Waals surface area contributed by atoms with Gasteiger partial charge in [-0.25, -0.2) is 0 Å². The van der Waals surface area contributed by atoms with E-state index in [0.717, 1.165) is 22.6 Å². The fraction of sp³-hybridized carbons (Fsp3) is 0.205. The lowest BCUT2D eigenvalue weighted by molar-refractivity contribution is 0.0877. The van der Waals surface area contributed by atoms with Crippen LogP contribution in [0, 0.1) is 5.92 Å². The second-order valence-corrected chi connectivity index (χ2v) is 12.7. The molecule has 0 amide bonds. The van der Waals surface area contributed by atoms with Crippen LogP contribution < -0.4 is 0 Å². The summed E-state index contributed by atoms with van der Waals surface area (Å²) in [6, 6.07) is 15.7. The molecule has 246 valence electrons. The number of aromatic hydroxyl groups is 7. The molecular weight excluding hydrogens is 612 g/mol. The number of rotatable bonds is 7. The lowest BCUT2D eigenvalue weighted by Crippen LogP contribution is -2.31. The second-order valence-electron chi connectivity index (χ2n) is 12.7. The molecule has 1 aliphatic carbocycles. The molecule has 4 aromatic carbocycles. The Kier molecular flexibility index (Phi) is 8.30. The minimum atomic E-state index is -1.03. The van der Waals surface area contributed by atoms with Crippen molar-refractivity contribution >= 4 is 16.8 Å². The van der Waals surface area contributed by atoms with Crippen LogP contribution in [0.15, 0.2) is 94.4 Å². The smallest absolute Gasteiger partial charge is 0.171 e. The van der Waals surface area contributed by atoms with Crippen molar-refractivity contribution in [3.63, 3.8) is 0 Å². The van der Waals surface area contributed by atoms with Crippen molar-refractivity contribution in [1.82, 2.24) is 0 Å². The van der Waals surface area contributed by atoms with Gasteiger partial charge >= 0.3 is 0 Å². The lowest BCUT2D eigenvalue weighted by atomic mass is 9.65. The predicted octanol–water partition coefficient (Wildman–Crippen LogP) is 8.26. The topological polar surface area (TPSA) is 172 Å². The Balaban J connectivity index is 1.48. The van der Waals surface area contributed by atoms with Crippen LogP contribution in [0.5, 0.6) is 40.2 Å². The number of hydrogen-bond acceptors (Lipinski definition) is 9. The highest BCUT2D eigenvalue weighted by Crippen LogP contribution is 2.52. The van der Waals surface area contributed by atoms with Crippen LogP contribution in [0.1, 0.15) is 66.1 Å². The number of fused-ring (bicyclic) bond motifs is 1. The third-order valence-electron chi connectivity index (χ3n) is 8.96. The van der Waals surface area contributed by atoms with Gasteiger partial charge in [0.2, 0.25) is 0 Å². The van der Waals surface area contributed by atoms with Crippen LogP contribution in [0.25, 0.3) is 22.3 Å². The summed E-state index contributed by atoms with van der Waals surface area (Å²) in [5.41, 5.74) is 3.81. The number of benzene rings is 4. The molecule has 3 atom stereocenters. The van der Waals surface area contributed by atoms with E-state index >= 15 is 0 Å². The minimum absolute atomic E-state index is 0.0711. The van der Waals surface area contributed by atoms with Gasteiger partial charge in [-0.05, 0) is 99.7 Å². The monoisotopic (exact) mass is 648 g/mol. The average Bonchev–Trinajstić information content (AvgIpc) is 3.44. The minimum Gasteiger partial charge on any atom is -0.508 e. The molecule has 48 heavy (non-hydrogen) atoms. The van der Waals surface area contributed by atoms with Crippen molar-refractivity contribution < 1.29 is 45.0 Å². The zero-order chi connectivity index (χ0) is 34.4. The Bertz CT molecular complexity index is 2090. The molecule has 0 saturated carbocycles. The van der Waals surface area contributed by atoms with E-state index in [-0.39, 0.29) is 45.6 Å². The molecule has 0 bridgehead atoms. The molecule has 9 heteroatoms. The summed E-state index contributed by atoms with van der Waals surface area (Å²) in [5, 5.41) is 75.6. The Morgan fingerprint density at radius 3 is 2.12 bits per heavy atom. The van der Waals surface area contributed by atoms with Gasteiger partial charge in [0.05, 0.1) is 5.56 Å². The molecule has 5 aromatic rings. The van der Waals surface area contributed by atoms with Crippen molar-refractivity contribution in [2.75, 3.05) is 0 Å². The van der Waals surface area contributed by atoms with Crippen LogP contribution in [0.4, 0.5) is 0 Å². The number of hydrogen-bond donors (Lipinski definition) is 7. The van der Waals surface area contributed by atoms with Crippen LogP contribution in [-0.2, 0) is 6.42 Å². The van der Waals surface area contributed by atoms with Gasteiger partial charge in [-0.2, -0.15) is 0 Å². The fourth-order valence-corrected chi connectivity index (χ4v) is 6.78. The number of furan rings is 1. The maximum atomic E-state index is 14.3. The van der Waals surface area contributed by atoms with E-state index in [1.165, 1.54) is 42.5 Å². The Labute approximate surface area is 276 Å². The Hall–Kier alpha value is -5.83. The van der Waals surface area contributed by atoms with Crippen LogP contribution in [0.3, 0.4) is 0 Å². The molecule has 7 N–H and O–H groups in total. The highest BCUT2D eigenvalue weighted by atomic mass is 16.3. The summed E-state index contributed by atoms with van der Waals surface area (Å²) < 4.78 is 6.17. The zero-order valence-corrected chi connectivity index (χ0v) is 26.6. The Morgan fingerprint density at radius 2 is 1.48 bits per heavy atom. The summed E-state index contributed by atoms with van der Waals surface area (Å²) in [4.78, 5) is 14.3. The van der Waals surface area contributed by atoms with E-state index in [9.17, 15) is 40.5 Å². The van der Waals surface area contributed by atoms with Gasteiger partial charge in [-0.3, -0.25) is 4.79 Å². The molecule has 0 fully saturated rings. The van der Waals surface area contributed by atoms with Crippen LogP contribution in [-0.4, -0.2) is 41.5 Å². The largest absolute Gasteiger partial charge is 0.508 e. The first-order valence-corrected chi connectivity index (χ1v) is 15.5. The maximum absolute atomic E-state index is 14.3. The molecule has 1 heterocycles. The van der Waals surface area contributed by atoms with E-state index < -0.39 is 29.3 Å². The molecule has 1 aliphatic rings. The first kappa shape index (κ1) is 32.1. The van der Waals surface area contributed by atoms with Gasteiger partial charge in [0.25, 0.3) is 0 Å². The number of Topliss-reactive ketones (excluding diaryl/α,β-unsaturated/α-hetero) is 1. The van der Waals surface area contributed by atoms with E-state index in [1.807, 2.05) is 26.8 Å². The van der Waals surface area contributed by atoms with Crippen molar-refractivity contribution in [2.24, 2.45) is 5.92 Å². The normalized spacial score (nSPS) is 17.6. The molecule has 6 rings (SSSR count). The van der Waals surface area contributed by atoms with E-state index in [0.29, 0.717) is 40.9 Å². The summed E-state index contributed by atoms with van der Waals surface area (Å²) in [7, 11) is 0. The van der Waals surface area contributed by atoms with Gasteiger partial charge in [0.15, 0.2) is 5.78 Å². The highest BCUT2D eigenvalue weighted by molar-refractivity contribution is 6.02. The number of ketones is 1. The molecule has 0 radical (unpaired) electrons. The van der Waals surface area contributed by atoms with Gasteiger partial charge in [-0.15, -0.1) is 0 Å². The highest BCUT2D eigenvalue weighted by Gasteiger charge is 2.42. The Morgan fingerprint density at radius 1 is 0.792 bits per heavy atom. The second kappa shape index (κ2) is 12.4. The summed E-state index contributed by atoms with van der Waals surface area (Å²) >= 11 is 0. The molecule has 0 aliphatic heterocycles. The first-order chi connectivity index (χ1) is 22.8. The van der Waals surface area contributed by atoms with Crippen LogP contribution in [0.2, 0.25) is 0 Å². The van der Waals surface area contributed by atoms with Crippen LogP contribution >= 0.6 is 0 Å². The van der Waals surface area contributed by atoms with Gasteiger partial charge in [0, 0.05) is 46.0 Å². The molecule has 3 unspecified atom stereocenters. The van der Waals surface area contributed by atoms with E-state index in [2.05, 4.69) is 0 Å².